The van der Waals surface area contributed by atoms with Crippen LogP contribution in [0.5, 0.6) is 0 Å². The van der Waals surface area contributed by atoms with Gasteiger partial charge in [0.2, 0.25) is 10.0 Å². The Morgan fingerprint density at radius 2 is 1.67 bits per heavy atom. The molecule has 1 aliphatic carbocycles. The number of nitrogens with zero attached hydrogens (tertiary/aromatic N) is 3. The third kappa shape index (κ3) is 5.35. The molecule has 1 unspecified atom stereocenters. The second-order valence-corrected chi connectivity index (χ2v) is 12.3. The molecule has 0 amide bonds. The Balaban J connectivity index is 1.44. The molecule has 2 aliphatic rings. The molecule has 0 radical (unpaired) electrons. The summed E-state index contributed by atoms with van der Waals surface area (Å²) in [6.07, 6.45) is 1.67. The zero-order chi connectivity index (χ0) is 27.6. The molecule has 1 saturated carbocycles. The summed E-state index contributed by atoms with van der Waals surface area (Å²) >= 11 is 0. The molecular weight excluding hydrogens is 518 g/mol. The lowest BCUT2D eigenvalue weighted by Gasteiger charge is -2.44. The number of aliphatic hydroxyl groups excluding tert-OH is 1. The summed E-state index contributed by atoms with van der Waals surface area (Å²) < 4.78 is 28.9. The summed E-state index contributed by atoms with van der Waals surface area (Å²) in [6.45, 7) is 0.951. The molecule has 10 heteroatoms. The first-order valence-corrected chi connectivity index (χ1v) is 14.6. The summed E-state index contributed by atoms with van der Waals surface area (Å²) in [5, 5.41) is 34.7. The van der Waals surface area contributed by atoms with E-state index in [4.69, 9.17) is 0 Å². The number of nitro groups is 1. The molecule has 0 bridgehead atoms. The Morgan fingerprint density at radius 1 is 1.00 bits per heavy atom. The second kappa shape index (κ2) is 11.1. The summed E-state index contributed by atoms with van der Waals surface area (Å²) in [5.74, 6) is -0.0258. The van der Waals surface area contributed by atoms with Crippen LogP contribution in [0.4, 0.5) is 5.69 Å². The first-order valence-electron chi connectivity index (χ1n) is 13.2. The van der Waals surface area contributed by atoms with E-state index in [2.05, 4.69) is 0 Å². The number of para-hydroxylation sites is 1. The van der Waals surface area contributed by atoms with Crippen LogP contribution in [0.25, 0.3) is 0 Å². The molecule has 3 aromatic carbocycles. The molecule has 206 valence electrons. The smallest absolute Gasteiger partial charge is 0.289 e. The van der Waals surface area contributed by atoms with Gasteiger partial charge in [-0.3, -0.25) is 15.0 Å². The minimum absolute atomic E-state index is 0.0258. The van der Waals surface area contributed by atoms with Crippen molar-refractivity contribution in [3.05, 3.63) is 106 Å². The first kappa shape index (κ1) is 27.4. The van der Waals surface area contributed by atoms with Crippen molar-refractivity contribution in [1.29, 1.82) is 0 Å². The maximum absolute atomic E-state index is 13.8. The van der Waals surface area contributed by atoms with Gasteiger partial charge in [-0.25, -0.2) is 8.42 Å². The summed E-state index contributed by atoms with van der Waals surface area (Å²) in [7, 11) is -4.24. The van der Waals surface area contributed by atoms with E-state index >= 15 is 0 Å². The predicted octanol–water partition coefficient (Wildman–Crippen LogP) is 3.65. The maximum atomic E-state index is 13.8. The van der Waals surface area contributed by atoms with Crippen molar-refractivity contribution >= 4 is 15.7 Å². The monoisotopic (exact) mass is 551 g/mol. The molecular formula is C29H33N3O6S. The number of nitro benzene ring substituents is 1. The topological polar surface area (TPSA) is 124 Å². The molecule has 0 spiro atoms. The molecule has 1 aliphatic heterocycles. The molecule has 39 heavy (non-hydrogen) atoms. The van der Waals surface area contributed by atoms with Crippen LogP contribution < -0.4 is 0 Å². The van der Waals surface area contributed by atoms with Crippen LogP contribution in [0.1, 0.15) is 36.0 Å². The van der Waals surface area contributed by atoms with Gasteiger partial charge in [0.25, 0.3) is 5.69 Å². The van der Waals surface area contributed by atoms with E-state index in [1.54, 1.807) is 0 Å². The number of β-amino-alcohol motifs (C(OH)–C–C–N with tert-alkyl or cyclic N) is 1. The second-order valence-electron chi connectivity index (χ2n) is 10.4. The Hall–Kier alpha value is -3.15. The zero-order valence-corrected chi connectivity index (χ0v) is 22.4. The Labute approximate surface area is 228 Å². The highest BCUT2D eigenvalue weighted by Crippen LogP contribution is 2.47. The van der Waals surface area contributed by atoms with Crippen molar-refractivity contribution < 1.29 is 23.6 Å². The SMILES string of the molecule is O=[N+]([O-])c1ccccc1S(=O)(=O)N(CCN1Cc2ccccc2C(O)(C2CCC2)[C@@H](O)C1)Cc1ccccc1. The molecule has 5 rings (SSSR count). The number of sulfonamides is 1. The van der Waals surface area contributed by atoms with Crippen molar-refractivity contribution in [3.8, 4) is 0 Å². The molecule has 2 N–H and O–H groups in total. The molecule has 0 aromatic heterocycles. The van der Waals surface area contributed by atoms with Gasteiger partial charge in [-0.1, -0.05) is 73.2 Å². The van der Waals surface area contributed by atoms with Gasteiger partial charge in [0.15, 0.2) is 4.90 Å². The molecule has 9 nitrogen and oxygen atoms in total. The third-order valence-corrected chi connectivity index (χ3v) is 9.95. The molecule has 1 fully saturated rings. The van der Waals surface area contributed by atoms with Crippen LogP contribution in [0.3, 0.4) is 0 Å². The highest BCUT2D eigenvalue weighted by molar-refractivity contribution is 7.89. The standard InChI is InChI=1S/C29H33N3O6S/c33-28-21-30(20-23-11-4-5-14-25(23)29(28,34)24-12-8-13-24)17-18-31(19-22-9-2-1-3-10-22)39(37,38)27-16-7-6-15-26(27)32(35)36/h1-7,9-11,14-16,24,28,33-34H,8,12-13,17-21H2/t28-,29?/m0/s1. The molecule has 0 saturated heterocycles. The van der Waals surface area contributed by atoms with Gasteiger partial charge in [0.05, 0.1) is 11.0 Å². The zero-order valence-electron chi connectivity index (χ0n) is 21.6. The minimum Gasteiger partial charge on any atom is -0.388 e. The van der Waals surface area contributed by atoms with Crippen molar-refractivity contribution in [2.75, 3.05) is 19.6 Å². The number of rotatable bonds is 9. The Morgan fingerprint density at radius 3 is 2.36 bits per heavy atom. The summed E-state index contributed by atoms with van der Waals surface area (Å²) in [6, 6.07) is 22.0. The highest BCUT2D eigenvalue weighted by Gasteiger charge is 2.49. The van der Waals surface area contributed by atoms with Gasteiger partial charge >= 0.3 is 0 Å². The van der Waals surface area contributed by atoms with Crippen LogP contribution in [0, 0.1) is 16.0 Å². The Kier molecular flexibility index (Phi) is 7.84. The van der Waals surface area contributed by atoms with E-state index in [1.807, 2.05) is 59.5 Å². The van der Waals surface area contributed by atoms with Crippen LogP contribution in [0.15, 0.2) is 83.8 Å². The summed E-state index contributed by atoms with van der Waals surface area (Å²) in [4.78, 5) is 12.6. The molecule has 1 heterocycles. The normalized spacial score (nSPS) is 22.2. The van der Waals surface area contributed by atoms with Crippen LogP contribution in [-0.4, -0.2) is 58.5 Å². The van der Waals surface area contributed by atoms with Crippen molar-refractivity contribution in [3.63, 3.8) is 0 Å². The van der Waals surface area contributed by atoms with Crippen molar-refractivity contribution in [2.45, 2.75) is 49.0 Å². The van der Waals surface area contributed by atoms with Gasteiger partial charge in [-0.05, 0) is 41.5 Å². The number of benzene rings is 3. The number of aliphatic hydroxyl groups is 2. The van der Waals surface area contributed by atoms with Gasteiger partial charge in [-0.15, -0.1) is 0 Å². The molecule has 3 aromatic rings. The van der Waals surface area contributed by atoms with Gasteiger partial charge in [0.1, 0.15) is 5.60 Å². The lowest BCUT2D eigenvalue weighted by Crippen LogP contribution is -2.51. The van der Waals surface area contributed by atoms with E-state index in [9.17, 15) is 28.7 Å². The van der Waals surface area contributed by atoms with E-state index in [1.165, 1.54) is 28.6 Å². The fraction of sp³-hybridized carbons (Fsp3) is 0.379. The van der Waals surface area contributed by atoms with E-state index in [-0.39, 0.29) is 37.0 Å². The lowest BCUT2D eigenvalue weighted by atomic mass is 9.66. The van der Waals surface area contributed by atoms with Crippen LogP contribution in [0.2, 0.25) is 0 Å². The van der Waals surface area contributed by atoms with Gasteiger partial charge in [0, 0.05) is 38.8 Å². The fourth-order valence-corrected chi connectivity index (χ4v) is 7.29. The van der Waals surface area contributed by atoms with Crippen molar-refractivity contribution in [2.24, 2.45) is 5.92 Å². The largest absolute Gasteiger partial charge is 0.388 e. The van der Waals surface area contributed by atoms with Crippen molar-refractivity contribution in [1.82, 2.24) is 9.21 Å². The van der Waals surface area contributed by atoms with E-state index < -0.39 is 32.3 Å². The number of fused-ring (bicyclic) bond motifs is 1. The maximum Gasteiger partial charge on any atom is 0.289 e. The van der Waals surface area contributed by atoms with Crippen LogP contribution in [-0.2, 0) is 28.7 Å². The van der Waals surface area contributed by atoms with E-state index in [0.717, 1.165) is 36.0 Å². The average Bonchev–Trinajstić information content (AvgIpc) is 3.00. The number of hydrogen-bond acceptors (Lipinski definition) is 7. The minimum atomic E-state index is -4.24. The first-order chi connectivity index (χ1) is 18.7. The average molecular weight is 552 g/mol. The molecule has 2 atom stereocenters. The fourth-order valence-electron chi connectivity index (χ4n) is 5.72. The van der Waals surface area contributed by atoms with E-state index in [0.29, 0.717) is 6.54 Å². The van der Waals surface area contributed by atoms with Gasteiger partial charge < -0.3 is 10.2 Å². The predicted molar refractivity (Wildman–Crippen MR) is 146 cm³/mol. The lowest BCUT2D eigenvalue weighted by molar-refractivity contribution is -0.387. The third-order valence-electron chi connectivity index (χ3n) is 8.06. The van der Waals surface area contributed by atoms with Gasteiger partial charge in [-0.2, -0.15) is 4.31 Å². The number of hydrogen-bond donors (Lipinski definition) is 2. The Bertz CT molecular complexity index is 1430. The van der Waals surface area contributed by atoms with Crippen LogP contribution >= 0.6 is 0 Å². The quantitative estimate of drug-likeness (QED) is 0.307. The summed E-state index contributed by atoms with van der Waals surface area (Å²) in [5.41, 5.74) is 0.558. The highest BCUT2D eigenvalue weighted by atomic mass is 32.2.